The van der Waals surface area contributed by atoms with Gasteiger partial charge >= 0.3 is 0 Å². The Labute approximate surface area is 218 Å². The number of anilines is 1. The van der Waals surface area contributed by atoms with Gasteiger partial charge in [-0.1, -0.05) is 12.1 Å². The van der Waals surface area contributed by atoms with Crippen molar-refractivity contribution in [3.8, 4) is 17.2 Å². The lowest BCUT2D eigenvalue weighted by atomic mass is 9.96. The van der Waals surface area contributed by atoms with E-state index < -0.39 is 6.04 Å². The molecule has 0 saturated carbocycles. The van der Waals surface area contributed by atoms with Crippen LogP contribution in [0, 0.1) is 5.82 Å². The third-order valence-electron chi connectivity index (χ3n) is 6.45. The molecule has 1 saturated heterocycles. The van der Waals surface area contributed by atoms with Crippen LogP contribution in [0.3, 0.4) is 0 Å². The van der Waals surface area contributed by atoms with Crippen molar-refractivity contribution in [1.29, 1.82) is 0 Å². The van der Waals surface area contributed by atoms with Crippen LogP contribution < -0.4 is 14.8 Å². The fourth-order valence-corrected chi connectivity index (χ4v) is 4.49. The maximum absolute atomic E-state index is 13.4. The van der Waals surface area contributed by atoms with E-state index in [0.29, 0.717) is 30.2 Å². The van der Waals surface area contributed by atoms with E-state index in [1.54, 1.807) is 36.3 Å². The van der Waals surface area contributed by atoms with Gasteiger partial charge in [0.15, 0.2) is 0 Å². The lowest BCUT2D eigenvalue weighted by Crippen LogP contribution is -2.44. The van der Waals surface area contributed by atoms with E-state index in [0.717, 1.165) is 11.3 Å². The average molecular weight is 516 g/mol. The lowest BCUT2D eigenvalue weighted by Gasteiger charge is -2.24. The van der Waals surface area contributed by atoms with Crippen molar-refractivity contribution in [2.45, 2.75) is 24.9 Å². The van der Waals surface area contributed by atoms with E-state index in [9.17, 15) is 14.0 Å². The number of methoxy groups -OCH3 is 1. The van der Waals surface area contributed by atoms with Crippen molar-refractivity contribution in [2.24, 2.45) is 0 Å². The summed E-state index contributed by atoms with van der Waals surface area (Å²) in [4.78, 5) is 32.1. The molecule has 194 valence electrons. The highest BCUT2D eigenvalue weighted by Gasteiger charge is 2.40. The molecule has 2 amide bonds. The quantitative estimate of drug-likeness (QED) is 0.377. The number of nitrogens with zero attached hydrogens (tertiary/aromatic N) is 4. The molecule has 0 radical (unpaired) electrons. The summed E-state index contributed by atoms with van der Waals surface area (Å²) >= 11 is 0. The molecule has 2 atom stereocenters. The van der Waals surface area contributed by atoms with Crippen molar-refractivity contribution >= 4 is 17.5 Å². The van der Waals surface area contributed by atoms with E-state index in [2.05, 4.69) is 15.4 Å². The number of carbonyl (C=O) groups excluding carboxylic acids is 2. The second-order valence-corrected chi connectivity index (χ2v) is 8.93. The van der Waals surface area contributed by atoms with Crippen LogP contribution in [-0.4, -0.2) is 51.2 Å². The summed E-state index contributed by atoms with van der Waals surface area (Å²) in [5, 5.41) is 6.94. The fourth-order valence-electron chi connectivity index (χ4n) is 4.49. The molecule has 2 heterocycles. The average Bonchev–Trinajstić information content (AvgIpc) is 3.62. The zero-order valence-corrected chi connectivity index (χ0v) is 20.7. The number of hydrogen-bond donors (Lipinski definition) is 1. The lowest BCUT2D eigenvalue weighted by molar-refractivity contribution is -0.137. The van der Waals surface area contributed by atoms with Crippen LogP contribution in [0.2, 0.25) is 0 Å². The van der Waals surface area contributed by atoms with Gasteiger partial charge in [0.25, 0.3) is 0 Å². The third-order valence-corrected chi connectivity index (χ3v) is 6.45. The van der Waals surface area contributed by atoms with E-state index in [1.165, 1.54) is 41.6 Å². The zero-order valence-electron chi connectivity index (χ0n) is 20.7. The highest BCUT2D eigenvalue weighted by molar-refractivity contribution is 5.97. The first kappa shape index (κ1) is 24.9. The first-order valence-electron chi connectivity index (χ1n) is 12.1. The monoisotopic (exact) mass is 515 g/mol. The number of ether oxygens (including phenoxy) is 2. The fraction of sp³-hybridized carbons (Fsp3) is 0.214. The van der Waals surface area contributed by atoms with Gasteiger partial charge in [-0.25, -0.2) is 14.1 Å². The van der Waals surface area contributed by atoms with E-state index >= 15 is 0 Å². The maximum Gasteiger partial charge on any atom is 0.247 e. The van der Waals surface area contributed by atoms with Gasteiger partial charge in [-0.3, -0.25) is 9.59 Å². The van der Waals surface area contributed by atoms with Gasteiger partial charge in [-0.2, -0.15) is 5.10 Å². The number of benzene rings is 3. The molecule has 1 aliphatic heterocycles. The SMILES string of the molecule is COc1ccc([C@@H]2C[C@@H](C(=O)Nc3ccc(Oc4ccc(F)cc4)cc3)N(C(=O)Cn3cncn3)C2)cc1. The molecular formula is C28H26FN5O4. The molecule has 5 rings (SSSR count). The van der Waals surface area contributed by atoms with Crippen LogP contribution in [0.15, 0.2) is 85.5 Å². The molecule has 3 aromatic carbocycles. The van der Waals surface area contributed by atoms with E-state index in [1.807, 2.05) is 24.3 Å². The Kier molecular flexibility index (Phi) is 7.30. The Morgan fingerprint density at radius 3 is 2.26 bits per heavy atom. The van der Waals surface area contributed by atoms with Gasteiger partial charge in [0.2, 0.25) is 11.8 Å². The zero-order chi connectivity index (χ0) is 26.5. The third kappa shape index (κ3) is 5.80. The molecule has 1 aromatic heterocycles. The number of carbonyl (C=O) groups is 2. The van der Waals surface area contributed by atoms with Crippen molar-refractivity contribution in [2.75, 3.05) is 19.0 Å². The van der Waals surface area contributed by atoms with Crippen LogP contribution >= 0.6 is 0 Å². The molecule has 0 spiro atoms. The Bertz CT molecular complexity index is 1380. The molecule has 1 fully saturated rings. The summed E-state index contributed by atoms with van der Waals surface area (Å²) in [7, 11) is 1.61. The Balaban J connectivity index is 1.29. The van der Waals surface area contributed by atoms with Crippen molar-refractivity contribution in [3.05, 3.63) is 96.8 Å². The Morgan fingerprint density at radius 2 is 1.63 bits per heavy atom. The van der Waals surface area contributed by atoms with Crippen LogP contribution in [-0.2, 0) is 16.1 Å². The second-order valence-electron chi connectivity index (χ2n) is 8.93. The smallest absolute Gasteiger partial charge is 0.247 e. The molecule has 1 aliphatic rings. The molecule has 0 bridgehead atoms. The molecular weight excluding hydrogens is 489 g/mol. The summed E-state index contributed by atoms with van der Waals surface area (Å²) in [6.07, 6.45) is 3.32. The summed E-state index contributed by atoms with van der Waals surface area (Å²) < 4.78 is 25.5. The molecule has 1 N–H and O–H groups in total. The van der Waals surface area contributed by atoms with Gasteiger partial charge in [-0.05, 0) is 72.6 Å². The van der Waals surface area contributed by atoms with Gasteiger partial charge in [0.05, 0.1) is 7.11 Å². The first-order valence-corrected chi connectivity index (χ1v) is 12.1. The van der Waals surface area contributed by atoms with E-state index in [4.69, 9.17) is 9.47 Å². The molecule has 38 heavy (non-hydrogen) atoms. The normalized spacial score (nSPS) is 16.7. The summed E-state index contributed by atoms with van der Waals surface area (Å²) in [6, 6.07) is 19.6. The predicted octanol–water partition coefficient (Wildman–Crippen LogP) is 4.24. The summed E-state index contributed by atoms with van der Waals surface area (Å²) in [5.74, 6) is 0.940. The van der Waals surface area contributed by atoms with Crippen LogP contribution in [0.4, 0.5) is 10.1 Å². The summed E-state index contributed by atoms with van der Waals surface area (Å²) in [6.45, 7) is 0.400. The Hall–Kier alpha value is -4.73. The van der Waals surface area contributed by atoms with Crippen molar-refractivity contribution in [3.63, 3.8) is 0 Å². The van der Waals surface area contributed by atoms with Crippen molar-refractivity contribution in [1.82, 2.24) is 19.7 Å². The van der Waals surface area contributed by atoms with Crippen LogP contribution in [0.25, 0.3) is 0 Å². The standard InChI is InChI=1S/C28H26FN5O4/c1-37-23-8-2-19(3-9-23)20-14-26(34(15-20)27(35)16-33-18-30-17-31-33)28(36)32-22-6-12-25(13-7-22)38-24-10-4-21(29)5-11-24/h2-13,17-18,20,26H,14-16H2,1H3,(H,32,36)/t20-,26+/m1/s1. The topological polar surface area (TPSA) is 98.6 Å². The predicted molar refractivity (Wildman–Crippen MR) is 137 cm³/mol. The number of amides is 2. The number of aromatic nitrogens is 3. The number of halogens is 1. The summed E-state index contributed by atoms with van der Waals surface area (Å²) in [5.41, 5.74) is 1.60. The molecule has 0 unspecified atom stereocenters. The molecule has 10 heteroatoms. The van der Waals surface area contributed by atoms with Gasteiger partial charge < -0.3 is 19.7 Å². The Morgan fingerprint density at radius 1 is 0.974 bits per heavy atom. The van der Waals surface area contributed by atoms with Crippen molar-refractivity contribution < 1.29 is 23.5 Å². The maximum atomic E-state index is 13.4. The minimum atomic E-state index is -0.659. The van der Waals surface area contributed by atoms with Gasteiger partial charge in [0, 0.05) is 18.2 Å². The van der Waals surface area contributed by atoms with Crippen LogP contribution in [0.1, 0.15) is 17.9 Å². The number of rotatable bonds is 8. The number of hydrogen-bond acceptors (Lipinski definition) is 6. The highest BCUT2D eigenvalue weighted by atomic mass is 19.1. The second kappa shape index (κ2) is 11.1. The largest absolute Gasteiger partial charge is 0.497 e. The molecule has 0 aliphatic carbocycles. The first-order chi connectivity index (χ1) is 18.5. The van der Waals surface area contributed by atoms with Gasteiger partial charge in [-0.15, -0.1) is 0 Å². The minimum Gasteiger partial charge on any atom is -0.497 e. The minimum absolute atomic E-state index is 0.00542. The number of likely N-dealkylation sites (tertiary alicyclic amines) is 1. The highest BCUT2D eigenvalue weighted by Crippen LogP contribution is 2.34. The van der Waals surface area contributed by atoms with Gasteiger partial charge in [0.1, 0.15) is 48.3 Å². The van der Waals surface area contributed by atoms with Crippen LogP contribution in [0.5, 0.6) is 17.2 Å². The molecule has 4 aromatic rings. The van der Waals surface area contributed by atoms with E-state index in [-0.39, 0.29) is 30.1 Å². The number of nitrogens with one attached hydrogen (secondary N) is 1. The molecule has 9 nitrogen and oxygen atoms in total.